The van der Waals surface area contributed by atoms with Gasteiger partial charge in [0.2, 0.25) is 11.8 Å². The number of ether oxygens (including phenoxy) is 1. The number of carbonyl (C=O) groups excluding carboxylic acids is 2. The highest BCUT2D eigenvalue weighted by atomic mass is 16.5. The maximum Gasteiger partial charge on any atom is 0.227 e. The first kappa shape index (κ1) is 24.5. The molecule has 6 heteroatoms. The average Bonchev–Trinajstić information content (AvgIpc) is 2.76. The van der Waals surface area contributed by atoms with Crippen LogP contribution in [0.1, 0.15) is 72.6 Å². The van der Waals surface area contributed by atoms with Gasteiger partial charge < -0.3 is 14.5 Å². The van der Waals surface area contributed by atoms with Crippen molar-refractivity contribution in [2.75, 3.05) is 52.4 Å². The number of piperidine rings is 1. The summed E-state index contributed by atoms with van der Waals surface area (Å²) in [7, 11) is 0. The third-order valence-corrected chi connectivity index (χ3v) is 7.39. The predicted octanol–water partition coefficient (Wildman–Crippen LogP) is 3.40. The number of amides is 2. The van der Waals surface area contributed by atoms with E-state index in [0.717, 1.165) is 90.4 Å². The molecule has 2 amide bonds. The fourth-order valence-corrected chi connectivity index (χ4v) is 5.20. The normalized spacial score (nSPS) is 26.8. The number of rotatable bonds is 6. The van der Waals surface area contributed by atoms with Crippen LogP contribution in [0.3, 0.4) is 0 Å². The van der Waals surface area contributed by atoms with Crippen molar-refractivity contribution >= 4 is 11.8 Å². The quantitative estimate of drug-likeness (QED) is 0.600. The highest BCUT2D eigenvalue weighted by Gasteiger charge is 2.31. The van der Waals surface area contributed by atoms with Crippen LogP contribution in [0.25, 0.3) is 0 Å². The molecule has 31 heavy (non-hydrogen) atoms. The summed E-state index contributed by atoms with van der Waals surface area (Å²) in [6.07, 6.45) is 7.81. The molecule has 3 rings (SSSR count). The van der Waals surface area contributed by atoms with Gasteiger partial charge in [-0.1, -0.05) is 27.7 Å². The maximum atomic E-state index is 12.8. The number of nitrogens with zero attached hydrogens (tertiary/aromatic N) is 3. The molecule has 0 aromatic heterocycles. The molecule has 0 radical (unpaired) electrons. The van der Waals surface area contributed by atoms with Crippen LogP contribution in [0.15, 0.2) is 0 Å². The second kappa shape index (κ2) is 11.1. The molecule has 0 N–H and O–H groups in total. The number of hydrogen-bond acceptors (Lipinski definition) is 4. The molecular weight excluding hydrogens is 390 g/mol. The molecule has 0 aromatic rings. The predicted molar refractivity (Wildman–Crippen MR) is 124 cm³/mol. The van der Waals surface area contributed by atoms with E-state index in [9.17, 15) is 9.59 Å². The van der Waals surface area contributed by atoms with Crippen LogP contribution >= 0.6 is 0 Å². The number of piperazine rings is 1. The monoisotopic (exact) mass is 435 g/mol. The zero-order chi connectivity index (χ0) is 22.4. The Kier molecular flexibility index (Phi) is 8.80. The smallest absolute Gasteiger partial charge is 0.227 e. The highest BCUT2D eigenvalue weighted by molar-refractivity contribution is 5.81. The van der Waals surface area contributed by atoms with Gasteiger partial charge in [-0.05, 0) is 50.9 Å². The van der Waals surface area contributed by atoms with Crippen molar-refractivity contribution in [2.45, 2.75) is 78.7 Å². The van der Waals surface area contributed by atoms with E-state index in [1.165, 1.54) is 12.8 Å². The molecule has 3 fully saturated rings. The summed E-state index contributed by atoms with van der Waals surface area (Å²) in [6, 6.07) is 0. The van der Waals surface area contributed by atoms with E-state index in [-0.39, 0.29) is 23.3 Å². The van der Waals surface area contributed by atoms with E-state index < -0.39 is 0 Å². The topological polar surface area (TPSA) is 53.1 Å². The second-order valence-electron chi connectivity index (χ2n) is 11.1. The molecule has 2 saturated heterocycles. The van der Waals surface area contributed by atoms with Crippen LogP contribution in [0, 0.1) is 17.3 Å². The van der Waals surface area contributed by atoms with Crippen LogP contribution in [-0.4, -0.2) is 85.0 Å². The van der Waals surface area contributed by atoms with Gasteiger partial charge in [0, 0.05) is 63.8 Å². The Morgan fingerprint density at radius 1 is 0.839 bits per heavy atom. The molecule has 0 bridgehead atoms. The SMILES string of the molecule is CC1CCC(C(=O)N2CCN(CCCOC3CCN(C(=O)C(C)(C)C)CC3)CC2)CC1. The van der Waals surface area contributed by atoms with Gasteiger partial charge in [-0.2, -0.15) is 0 Å². The van der Waals surface area contributed by atoms with Gasteiger partial charge in [0.15, 0.2) is 0 Å². The van der Waals surface area contributed by atoms with E-state index in [2.05, 4.69) is 16.7 Å². The zero-order valence-corrected chi connectivity index (χ0v) is 20.4. The Morgan fingerprint density at radius 3 is 2.03 bits per heavy atom. The van der Waals surface area contributed by atoms with Crippen molar-refractivity contribution in [2.24, 2.45) is 17.3 Å². The largest absolute Gasteiger partial charge is 0.378 e. The lowest BCUT2D eigenvalue weighted by atomic mass is 9.82. The van der Waals surface area contributed by atoms with Gasteiger partial charge in [0.25, 0.3) is 0 Å². The molecule has 0 unspecified atom stereocenters. The summed E-state index contributed by atoms with van der Waals surface area (Å²) in [5.74, 6) is 1.73. The van der Waals surface area contributed by atoms with Gasteiger partial charge in [-0.3, -0.25) is 14.5 Å². The molecule has 0 spiro atoms. The van der Waals surface area contributed by atoms with Crippen LogP contribution in [0.5, 0.6) is 0 Å². The zero-order valence-electron chi connectivity index (χ0n) is 20.4. The lowest BCUT2D eigenvalue weighted by molar-refractivity contribution is -0.142. The molecule has 178 valence electrons. The first-order valence-corrected chi connectivity index (χ1v) is 12.7. The lowest BCUT2D eigenvalue weighted by Gasteiger charge is -2.38. The van der Waals surface area contributed by atoms with E-state index in [1.807, 2.05) is 25.7 Å². The summed E-state index contributed by atoms with van der Waals surface area (Å²) in [5, 5.41) is 0. The second-order valence-corrected chi connectivity index (χ2v) is 11.1. The molecule has 0 aromatic carbocycles. The Balaban J connectivity index is 1.25. The number of likely N-dealkylation sites (tertiary alicyclic amines) is 1. The van der Waals surface area contributed by atoms with Crippen LogP contribution < -0.4 is 0 Å². The summed E-state index contributed by atoms with van der Waals surface area (Å²) in [5.41, 5.74) is -0.294. The fraction of sp³-hybridized carbons (Fsp3) is 0.920. The first-order chi connectivity index (χ1) is 14.7. The summed E-state index contributed by atoms with van der Waals surface area (Å²) in [6.45, 7) is 15.5. The molecule has 3 aliphatic rings. The van der Waals surface area contributed by atoms with Gasteiger partial charge in [0.05, 0.1) is 6.10 Å². The van der Waals surface area contributed by atoms with Gasteiger partial charge in [0.1, 0.15) is 0 Å². The van der Waals surface area contributed by atoms with Crippen LogP contribution in [0.2, 0.25) is 0 Å². The fourth-order valence-electron chi connectivity index (χ4n) is 5.20. The summed E-state index contributed by atoms with van der Waals surface area (Å²) >= 11 is 0. The maximum absolute atomic E-state index is 12.8. The third kappa shape index (κ3) is 7.18. The van der Waals surface area contributed by atoms with E-state index >= 15 is 0 Å². The lowest BCUT2D eigenvalue weighted by Crippen LogP contribution is -2.50. The Morgan fingerprint density at radius 2 is 1.45 bits per heavy atom. The molecule has 1 aliphatic carbocycles. The minimum absolute atomic E-state index is 0.251. The molecule has 0 atom stereocenters. The van der Waals surface area contributed by atoms with Gasteiger partial charge in [-0.15, -0.1) is 0 Å². The van der Waals surface area contributed by atoms with Gasteiger partial charge >= 0.3 is 0 Å². The molecule has 1 saturated carbocycles. The van der Waals surface area contributed by atoms with E-state index in [4.69, 9.17) is 4.74 Å². The Bertz CT molecular complexity index is 579. The first-order valence-electron chi connectivity index (χ1n) is 12.7. The van der Waals surface area contributed by atoms with Crippen LogP contribution in [0.4, 0.5) is 0 Å². The minimum Gasteiger partial charge on any atom is -0.378 e. The standard InChI is InChI=1S/C25H45N3O3/c1-20-6-8-21(9-7-20)23(29)27-17-15-26(16-18-27)12-5-19-31-22-10-13-28(14-11-22)24(30)25(2,3)4/h20-22H,5-19H2,1-4H3. The Hall–Kier alpha value is -1.14. The molecule has 6 nitrogen and oxygen atoms in total. The van der Waals surface area contributed by atoms with E-state index in [0.29, 0.717) is 5.91 Å². The minimum atomic E-state index is -0.294. The number of carbonyl (C=O) groups is 2. The van der Waals surface area contributed by atoms with Crippen molar-refractivity contribution < 1.29 is 14.3 Å². The van der Waals surface area contributed by atoms with Crippen molar-refractivity contribution in [3.8, 4) is 0 Å². The average molecular weight is 436 g/mol. The van der Waals surface area contributed by atoms with Gasteiger partial charge in [-0.25, -0.2) is 0 Å². The molecular formula is C25H45N3O3. The summed E-state index contributed by atoms with van der Waals surface area (Å²) in [4.78, 5) is 31.7. The van der Waals surface area contributed by atoms with Crippen LogP contribution in [-0.2, 0) is 14.3 Å². The Labute approximate surface area is 189 Å². The van der Waals surface area contributed by atoms with Crippen molar-refractivity contribution in [3.05, 3.63) is 0 Å². The van der Waals surface area contributed by atoms with Crippen molar-refractivity contribution in [1.29, 1.82) is 0 Å². The van der Waals surface area contributed by atoms with Crippen molar-refractivity contribution in [3.63, 3.8) is 0 Å². The summed E-state index contributed by atoms with van der Waals surface area (Å²) < 4.78 is 6.11. The van der Waals surface area contributed by atoms with Crippen molar-refractivity contribution in [1.82, 2.24) is 14.7 Å². The molecule has 2 heterocycles. The number of hydrogen-bond donors (Lipinski definition) is 0. The molecule has 2 aliphatic heterocycles. The third-order valence-electron chi connectivity index (χ3n) is 7.39. The van der Waals surface area contributed by atoms with E-state index in [1.54, 1.807) is 0 Å². The highest BCUT2D eigenvalue weighted by Crippen LogP contribution is 2.30.